The van der Waals surface area contributed by atoms with Crippen LogP contribution in [-0.2, 0) is 22.3 Å². The number of nitrogens with zero attached hydrogens (tertiary/aromatic N) is 8. The zero-order chi connectivity index (χ0) is 50.9. The van der Waals surface area contributed by atoms with Crippen LogP contribution in [0.4, 0.5) is 48.1 Å². The average molecular weight is 1020 g/mol. The number of carbonyl (C=O) groups excluding carboxylic acids is 2. The number of hydrogen-bond acceptors (Lipinski definition) is 16. The van der Waals surface area contributed by atoms with Crippen LogP contribution in [0.2, 0.25) is 0 Å². The third-order valence-electron chi connectivity index (χ3n) is 13.1. The monoisotopic (exact) mass is 1020 g/mol. The molecule has 2 saturated carbocycles. The van der Waals surface area contributed by atoms with Crippen molar-refractivity contribution in [2.75, 3.05) is 55.5 Å². The van der Waals surface area contributed by atoms with Crippen molar-refractivity contribution in [1.29, 1.82) is 10.5 Å². The molecule has 4 fully saturated rings. The largest absolute Gasteiger partial charge is 0.465 e. The normalized spacial score (nSPS) is 21.4. The SMILES string of the molecule is COC(=O)c1ccc(F)cc1C#N.COC(=O)c1ccc(NC2CC3(CCN(c4ncnc5sc(CC(F)(F)F)cc45)C3)C2)cc1C#N.NC1CC2(CCN(c3ncnc4sc(CC(F)(F)F)cc34)C2)C1. The van der Waals surface area contributed by atoms with Gasteiger partial charge in [0.1, 0.15) is 51.9 Å². The molecule has 23 heteroatoms. The van der Waals surface area contributed by atoms with E-state index in [9.17, 15) is 45.6 Å². The second-order valence-electron chi connectivity index (χ2n) is 18.3. The summed E-state index contributed by atoms with van der Waals surface area (Å²) >= 11 is 2.17. The number of halogens is 7. The molecule has 0 unspecified atom stereocenters. The van der Waals surface area contributed by atoms with E-state index in [1.54, 1.807) is 36.4 Å². The van der Waals surface area contributed by atoms with Crippen molar-refractivity contribution in [3.8, 4) is 12.1 Å². The number of thiophene rings is 2. The van der Waals surface area contributed by atoms with Crippen molar-refractivity contribution in [3.63, 3.8) is 0 Å². The molecular formula is C48H45F7N10O4S2. The van der Waals surface area contributed by atoms with Gasteiger partial charge in [-0.15, -0.1) is 22.7 Å². The number of nitrogens with two attached hydrogens (primary N) is 1. The minimum atomic E-state index is -4.26. The molecule has 2 saturated heterocycles. The maximum absolute atomic E-state index is 12.9. The molecule has 14 nitrogen and oxygen atoms in total. The highest BCUT2D eigenvalue weighted by atomic mass is 32.1. The molecule has 0 bridgehead atoms. The van der Waals surface area contributed by atoms with Gasteiger partial charge < -0.3 is 30.3 Å². The van der Waals surface area contributed by atoms with Gasteiger partial charge in [0.2, 0.25) is 0 Å². The fourth-order valence-electron chi connectivity index (χ4n) is 10.0. The summed E-state index contributed by atoms with van der Waals surface area (Å²) in [5.41, 5.74) is 7.64. The van der Waals surface area contributed by atoms with Gasteiger partial charge >= 0.3 is 24.3 Å². The Bertz CT molecular complexity index is 3050. The van der Waals surface area contributed by atoms with Crippen molar-refractivity contribution >= 4 is 72.4 Å². The number of anilines is 3. The fraction of sp³-hybridized carbons (Fsp3) is 0.417. The molecule has 4 aromatic heterocycles. The minimum Gasteiger partial charge on any atom is -0.465 e. The van der Waals surface area contributed by atoms with Gasteiger partial charge in [0.15, 0.2) is 0 Å². The van der Waals surface area contributed by atoms with E-state index in [2.05, 4.69) is 39.8 Å². The predicted molar refractivity (Wildman–Crippen MR) is 252 cm³/mol. The lowest BCUT2D eigenvalue weighted by Crippen LogP contribution is -2.47. The number of nitriles is 2. The number of fused-ring (bicyclic) bond motifs is 2. The molecule has 0 amide bonds. The number of carbonyl (C=O) groups is 2. The smallest absolute Gasteiger partial charge is 0.393 e. The van der Waals surface area contributed by atoms with Crippen LogP contribution < -0.4 is 20.9 Å². The van der Waals surface area contributed by atoms with Gasteiger partial charge in [-0.05, 0) is 97.9 Å². The second kappa shape index (κ2) is 20.2. The van der Waals surface area contributed by atoms with Crippen molar-refractivity contribution in [2.24, 2.45) is 16.6 Å². The van der Waals surface area contributed by atoms with E-state index in [1.165, 1.54) is 32.9 Å². The van der Waals surface area contributed by atoms with Gasteiger partial charge in [-0.2, -0.15) is 36.9 Å². The molecule has 0 atom stereocenters. The summed E-state index contributed by atoms with van der Waals surface area (Å²) in [5, 5.41) is 22.8. The number of rotatable bonds is 8. The Kier molecular flexibility index (Phi) is 14.4. The molecule has 2 aliphatic heterocycles. The van der Waals surface area contributed by atoms with E-state index in [0.717, 1.165) is 116 Å². The minimum absolute atomic E-state index is 0.0214. The summed E-state index contributed by atoms with van der Waals surface area (Å²) < 4.78 is 98.1. The molecular weight excluding hydrogens is 978 g/mol. The molecule has 372 valence electrons. The van der Waals surface area contributed by atoms with Crippen molar-refractivity contribution in [2.45, 2.75) is 75.8 Å². The summed E-state index contributed by atoms with van der Waals surface area (Å²) in [7, 11) is 2.48. The Morgan fingerprint density at radius 3 is 1.65 bits per heavy atom. The number of aromatic nitrogens is 4. The molecule has 6 heterocycles. The van der Waals surface area contributed by atoms with E-state index in [4.69, 9.17) is 15.7 Å². The van der Waals surface area contributed by atoms with Crippen LogP contribution in [-0.4, -0.2) is 96.7 Å². The van der Waals surface area contributed by atoms with Crippen LogP contribution in [0.5, 0.6) is 0 Å². The van der Waals surface area contributed by atoms with Crippen LogP contribution in [0.3, 0.4) is 0 Å². The number of hydrogen-bond donors (Lipinski definition) is 2. The summed E-state index contributed by atoms with van der Waals surface area (Å²) in [6.07, 6.45) is -1.49. The van der Waals surface area contributed by atoms with Gasteiger partial charge in [-0.25, -0.2) is 33.9 Å². The zero-order valence-corrected chi connectivity index (χ0v) is 39.8. The highest BCUT2D eigenvalue weighted by Gasteiger charge is 2.49. The summed E-state index contributed by atoms with van der Waals surface area (Å²) in [6.45, 7) is 3.34. The van der Waals surface area contributed by atoms with Crippen LogP contribution >= 0.6 is 22.7 Å². The van der Waals surface area contributed by atoms with E-state index < -0.39 is 43.0 Å². The number of alkyl halides is 6. The number of methoxy groups -OCH3 is 2. The first kappa shape index (κ1) is 50.7. The molecule has 10 rings (SSSR count). The van der Waals surface area contributed by atoms with Crippen LogP contribution in [0, 0.1) is 39.3 Å². The quantitative estimate of drug-likeness (QED) is 0.108. The molecule has 6 aromatic rings. The molecule has 2 spiro atoms. The maximum atomic E-state index is 12.9. The number of esters is 2. The molecule has 0 radical (unpaired) electrons. The van der Waals surface area contributed by atoms with Crippen LogP contribution in [0.1, 0.15) is 80.1 Å². The Morgan fingerprint density at radius 2 is 1.20 bits per heavy atom. The van der Waals surface area contributed by atoms with Gasteiger partial charge in [-0.1, -0.05) is 0 Å². The first-order valence-electron chi connectivity index (χ1n) is 22.2. The molecule has 3 N–H and O–H groups in total. The van der Waals surface area contributed by atoms with Gasteiger partial charge in [0.25, 0.3) is 0 Å². The third kappa shape index (κ3) is 11.6. The number of ether oxygens (including phenoxy) is 2. The first-order chi connectivity index (χ1) is 33.7. The highest BCUT2D eigenvalue weighted by Crippen LogP contribution is 2.51. The van der Waals surface area contributed by atoms with Gasteiger partial charge in [-0.3, -0.25) is 0 Å². The van der Waals surface area contributed by atoms with Crippen LogP contribution in [0.15, 0.2) is 61.2 Å². The van der Waals surface area contributed by atoms with Gasteiger partial charge in [0, 0.05) is 53.7 Å². The summed E-state index contributed by atoms with van der Waals surface area (Å²) in [5.74, 6) is -0.278. The van der Waals surface area contributed by atoms with E-state index in [-0.39, 0.29) is 48.9 Å². The number of benzene rings is 2. The van der Waals surface area contributed by atoms with E-state index in [1.807, 2.05) is 6.07 Å². The maximum Gasteiger partial charge on any atom is 0.393 e. The second-order valence-corrected chi connectivity index (χ2v) is 20.5. The zero-order valence-electron chi connectivity index (χ0n) is 38.2. The lowest BCUT2D eigenvalue weighted by Gasteiger charge is -2.46. The fourth-order valence-corrected chi connectivity index (χ4v) is 12.1. The highest BCUT2D eigenvalue weighted by molar-refractivity contribution is 7.19. The Morgan fingerprint density at radius 1 is 0.732 bits per heavy atom. The Hall–Kier alpha value is -6.69. The molecule has 2 aromatic carbocycles. The molecule has 4 aliphatic rings. The first-order valence-corrected chi connectivity index (χ1v) is 23.9. The van der Waals surface area contributed by atoms with Gasteiger partial charge in [0.05, 0.1) is 60.1 Å². The molecule has 71 heavy (non-hydrogen) atoms. The topological polar surface area (TPSA) is 196 Å². The Balaban J connectivity index is 0.000000160. The van der Waals surface area contributed by atoms with Crippen molar-refractivity contribution < 1.29 is 49.8 Å². The van der Waals surface area contributed by atoms with Crippen molar-refractivity contribution in [3.05, 3.63) is 99.0 Å². The van der Waals surface area contributed by atoms with E-state index in [0.29, 0.717) is 26.9 Å². The van der Waals surface area contributed by atoms with Crippen molar-refractivity contribution in [1.82, 2.24) is 19.9 Å². The number of nitrogens with one attached hydrogen (secondary N) is 1. The predicted octanol–water partition coefficient (Wildman–Crippen LogP) is 9.52. The standard InChI is InChI=1S/C24H22F3N5O2S.C15H17F3N4S.C9H6FNO2/c1-34-22(33)18-3-2-15(6-14(18)11-28)31-16-8-23(9-16)4-5-32(12-23)20-19-7-17(10-24(25,26)27)35-21(19)30-13-29-20;16-15(17,18)6-10-3-11-12(20-8-21-13(11)23-10)22-2-1-14(7-22)4-9(19)5-14;1-13-9(12)8-3-2-7(10)4-6(8)5-11/h2-3,6-7,13,16,31H,4-5,8-10,12H2,1H3;3,8-9H,1-2,4-7,19H2;2-4H,1H3. The average Bonchev–Trinajstić information content (AvgIpc) is 4.12. The third-order valence-corrected chi connectivity index (χ3v) is 15.2. The van der Waals surface area contributed by atoms with E-state index >= 15 is 0 Å². The summed E-state index contributed by atoms with van der Waals surface area (Å²) in [4.78, 5) is 46.0. The van der Waals surface area contributed by atoms with Crippen LogP contribution in [0.25, 0.3) is 20.4 Å². The summed E-state index contributed by atoms with van der Waals surface area (Å²) in [6, 6.07) is 15.8. The molecule has 2 aliphatic carbocycles. The Labute approximate surface area is 410 Å². The lowest BCUT2D eigenvalue weighted by atomic mass is 9.65. The lowest BCUT2D eigenvalue weighted by molar-refractivity contribution is -0.127.